The topological polar surface area (TPSA) is 62.2 Å². The van der Waals surface area contributed by atoms with Gasteiger partial charge in [0.2, 0.25) is 5.91 Å². The minimum absolute atomic E-state index is 0.0487. The van der Waals surface area contributed by atoms with Crippen molar-refractivity contribution in [2.24, 2.45) is 0 Å². The van der Waals surface area contributed by atoms with Crippen LogP contribution in [0.2, 0.25) is 0 Å². The number of hydrogen-bond donors (Lipinski definition) is 2. The predicted molar refractivity (Wildman–Crippen MR) is 57.4 cm³/mol. The summed E-state index contributed by atoms with van der Waals surface area (Å²) in [5, 5.41) is 11.5. The highest BCUT2D eigenvalue weighted by Crippen LogP contribution is 2.03. The molecule has 0 aliphatic heterocycles. The van der Waals surface area contributed by atoms with E-state index < -0.39 is 0 Å². The van der Waals surface area contributed by atoms with Crippen LogP contribution in [0.25, 0.3) is 0 Å². The van der Waals surface area contributed by atoms with Crippen molar-refractivity contribution in [1.82, 2.24) is 10.3 Å². The van der Waals surface area contributed by atoms with Crippen molar-refractivity contribution in [3.8, 4) is 0 Å². The average Bonchev–Trinajstić information content (AvgIpc) is 2.21. The van der Waals surface area contributed by atoms with Crippen LogP contribution in [0.15, 0.2) is 18.3 Å². The molecule has 0 radical (unpaired) electrons. The Morgan fingerprint density at radius 2 is 2.40 bits per heavy atom. The summed E-state index contributed by atoms with van der Waals surface area (Å²) in [5.74, 6) is -0.113. The molecule has 0 aliphatic rings. The van der Waals surface area contributed by atoms with Crippen LogP contribution >= 0.6 is 0 Å². The van der Waals surface area contributed by atoms with E-state index in [0.29, 0.717) is 0 Å². The van der Waals surface area contributed by atoms with Crippen molar-refractivity contribution in [3.63, 3.8) is 0 Å². The van der Waals surface area contributed by atoms with Gasteiger partial charge >= 0.3 is 0 Å². The number of amides is 1. The minimum atomic E-state index is -0.207. The highest BCUT2D eigenvalue weighted by Gasteiger charge is 2.09. The summed E-state index contributed by atoms with van der Waals surface area (Å²) in [6.45, 7) is 3.63. The monoisotopic (exact) mass is 208 g/mol. The summed E-state index contributed by atoms with van der Waals surface area (Å²) in [7, 11) is 0. The number of carbonyl (C=O) groups is 1. The molecule has 82 valence electrons. The van der Waals surface area contributed by atoms with Gasteiger partial charge in [-0.1, -0.05) is 6.07 Å². The van der Waals surface area contributed by atoms with E-state index in [4.69, 9.17) is 5.11 Å². The summed E-state index contributed by atoms with van der Waals surface area (Å²) in [6, 6.07) is 3.56. The number of pyridine rings is 1. The fourth-order valence-electron chi connectivity index (χ4n) is 1.23. The van der Waals surface area contributed by atoms with Gasteiger partial charge in [0.1, 0.15) is 0 Å². The second-order valence-corrected chi connectivity index (χ2v) is 3.59. The van der Waals surface area contributed by atoms with Crippen LogP contribution in [-0.2, 0) is 11.2 Å². The molecule has 1 atom stereocenters. The quantitative estimate of drug-likeness (QED) is 0.754. The lowest BCUT2D eigenvalue weighted by Gasteiger charge is -2.10. The van der Waals surface area contributed by atoms with E-state index in [1.54, 1.807) is 13.1 Å². The molecule has 4 nitrogen and oxygen atoms in total. The van der Waals surface area contributed by atoms with Crippen molar-refractivity contribution in [2.75, 3.05) is 6.61 Å². The first-order valence-corrected chi connectivity index (χ1v) is 4.94. The molecule has 15 heavy (non-hydrogen) atoms. The molecule has 2 N–H and O–H groups in total. The molecule has 1 amide bonds. The normalized spacial score (nSPS) is 12.2. The molecule has 1 aromatic heterocycles. The van der Waals surface area contributed by atoms with Crippen LogP contribution in [-0.4, -0.2) is 28.6 Å². The average molecular weight is 208 g/mol. The van der Waals surface area contributed by atoms with E-state index in [-0.39, 0.29) is 25.0 Å². The van der Waals surface area contributed by atoms with Crippen LogP contribution in [0.4, 0.5) is 0 Å². The SMILES string of the molecule is Cc1cccnc1CC(=O)N[C@H](C)CO. The molecule has 0 aliphatic carbocycles. The maximum Gasteiger partial charge on any atom is 0.226 e. The smallest absolute Gasteiger partial charge is 0.226 e. The van der Waals surface area contributed by atoms with E-state index in [0.717, 1.165) is 11.3 Å². The number of aliphatic hydroxyl groups is 1. The zero-order valence-electron chi connectivity index (χ0n) is 9.03. The molecule has 1 heterocycles. The lowest BCUT2D eigenvalue weighted by atomic mass is 10.1. The number of nitrogens with one attached hydrogen (secondary N) is 1. The van der Waals surface area contributed by atoms with Crippen molar-refractivity contribution in [1.29, 1.82) is 0 Å². The van der Waals surface area contributed by atoms with Gasteiger partial charge in [0.15, 0.2) is 0 Å². The maximum atomic E-state index is 11.5. The maximum absolute atomic E-state index is 11.5. The third kappa shape index (κ3) is 3.67. The van der Waals surface area contributed by atoms with Crippen molar-refractivity contribution < 1.29 is 9.90 Å². The molecule has 0 fully saturated rings. The summed E-state index contributed by atoms with van der Waals surface area (Å²) in [5.41, 5.74) is 1.78. The molecule has 0 saturated carbocycles. The largest absolute Gasteiger partial charge is 0.394 e. The Labute approximate surface area is 89.3 Å². The van der Waals surface area contributed by atoms with Gasteiger partial charge in [-0.15, -0.1) is 0 Å². The van der Waals surface area contributed by atoms with Crippen LogP contribution < -0.4 is 5.32 Å². The Bertz CT molecular complexity index is 339. The molecule has 1 aromatic rings. The lowest BCUT2D eigenvalue weighted by Crippen LogP contribution is -2.36. The van der Waals surface area contributed by atoms with Gasteiger partial charge in [-0.05, 0) is 25.5 Å². The Hall–Kier alpha value is -1.42. The Morgan fingerprint density at radius 1 is 1.67 bits per heavy atom. The second kappa shape index (κ2) is 5.46. The van der Waals surface area contributed by atoms with E-state index in [1.807, 2.05) is 19.1 Å². The van der Waals surface area contributed by atoms with Gasteiger partial charge in [0.25, 0.3) is 0 Å². The third-order valence-electron chi connectivity index (χ3n) is 2.13. The van der Waals surface area contributed by atoms with Gasteiger partial charge in [-0.25, -0.2) is 0 Å². The van der Waals surface area contributed by atoms with Gasteiger partial charge in [-0.3, -0.25) is 9.78 Å². The minimum Gasteiger partial charge on any atom is -0.394 e. The summed E-state index contributed by atoms with van der Waals surface area (Å²) < 4.78 is 0. The van der Waals surface area contributed by atoms with Crippen LogP contribution in [0.5, 0.6) is 0 Å². The molecular formula is C11H16N2O2. The zero-order chi connectivity index (χ0) is 11.3. The highest BCUT2D eigenvalue weighted by molar-refractivity contribution is 5.78. The molecule has 0 unspecified atom stereocenters. The van der Waals surface area contributed by atoms with Gasteiger partial charge in [0, 0.05) is 12.2 Å². The zero-order valence-corrected chi connectivity index (χ0v) is 9.03. The lowest BCUT2D eigenvalue weighted by molar-refractivity contribution is -0.121. The highest BCUT2D eigenvalue weighted by atomic mass is 16.3. The van der Waals surface area contributed by atoms with Crippen LogP contribution in [0, 0.1) is 6.92 Å². The van der Waals surface area contributed by atoms with E-state index in [9.17, 15) is 4.79 Å². The Morgan fingerprint density at radius 3 is 3.00 bits per heavy atom. The first kappa shape index (κ1) is 11.7. The molecule has 0 spiro atoms. The van der Waals surface area contributed by atoms with E-state index in [2.05, 4.69) is 10.3 Å². The summed E-state index contributed by atoms with van der Waals surface area (Å²) in [6.07, 6.45) is 1.93. The predicted octanol–water partition coefficient (Wildman–Crippen LogP) is 0.430. The number of aromatic nitrogens is 1. The van der Waals surface area contributed by atoms with Crippen molar-refractivity contribution >= 4 is 5.91 Å². The molecular weight excluding hydrogens is 192 g/mol. The number of rotatable bonds is 4. The molecule has 1 rings (SSSR count). The Kier molecular flexibility index (Phi) is 4.24. The van der Waals surface area contributed by atoms with E-state index in [1.165, 1.54) is 0 Å². The number of hydrogen-bond acceptors (Lipinski definition) is 3. The first-order valence-electron chi connectivity index (χ1n) is 4.94. The molecule has 0 saturated heterocycles. The number of aliphatic hydroxyl groups excluding tert-OH is 1. The Balaban J connectivity index is 2.55. The molecule has 4 heteroatoms. The van der Waals surface area contributed by atoms with Crippen molar-refractivity contribution in [3.05, 3.63) is 29.6 Å². The summed E-state index contributed by atoms with van der Waals surface area (Å²) in [4.78, 5) is 15.6. The molecule has 0 bridgehead atoms. The number of carbonyl (C=O) groups excluding carboxylic acids is 1. The number of nitrogens with zero attached hydrogens (tertiary/aromatic N) is 1. The second-order valence-electron chi connectivity index (χ2n) is 3.59. The van der Waals surface area contributed by atoms with Gasteiger partial charge < -0.3 is 10.4 Å². The van der Waals surface area contributed by atoms with Crippen LogP contribution in [0.1, 0.15) is 18.2 Å². The molecule has 0 aromatic carbocycles. The summed E-state index contributed by atoms with van der Waals surface area (Å²) >= 11 is 0. The van der Waals surface area contributed by atoms with Crippen LogP contribution in [0.3, 0.4) is 0 Å². The van der Waals surface area contributed by atoms with E-state index >= 15 is 0 Å². The van der Waals surface area contributed by atoms with Crippen molar-refractivity contribution in [2.45, 2.75) is 26.3 Å². The number of aryl methyl sites for hydroxylation is 1. The fraction of sp³-hybridized carbons (Fsp3) is 0.455. The fourth-order valence-corrected chi connectivity index (χ4v) is 1.23. The van der Waals surface area contributed by atoms with Gasteiger partial charge in [-0.2, -0.15) is 0 Å². The first-order chi connectivity index (χ1) is 7.13. The third-order valence-corrected chi connectivity index (χ3v) is 2.13. The van der Waals surface area contributed by atoms with Gasteiger partial charge in [0.05, 0.1) is 18.7 Å². The standard InChI is InChI=1S/C11H16N2O2/c1-8-4-3-5-12-10(8)6-11(15)13-9(2)7-14/h3-5,9,14H,6-7H2,1-2H3,(H,13,15)/t9-/m1/s1.